The number of hydrogen-bond donors (Lipinski definition) is 3. The van der Waals surface area contributed by atoms with E-state index >= 15 is 0 Å². The molecule has 3 rings (SSSR count). The molecule has 0 spiro atoms. The monoisotopic (exact) mass is 331 g/mol. The number of hydrogen-bond acceptors (Lipinski definition) is 3. The first kappa shape index (κ1) is 16.4. The van der Waals surface area contributed by atoms with Crippen LogP contribution in [0.2, 0.25) is 0 Å². The SMILES string of the molecule is O=C(Nc1ccccc1)C1CC[NH+](CC(=O)N2CCNC2=O)CC1. The van der Waals surface area contributed by atoms with Gasteiger partial charge in [0.1, 0.15) is 0 Å². The van der Waals surface area contributed by atoms with Gasteiger partial charge in [-0.2, -0.15) is 0 Å². The summed E-state index contributed by atoms with van der Waals surface area (Å²) in [4.78, 5) is 38.4. The molecule has 2 fully saturated rings. The van der Waals surface area contributed by atoms with Gasteiger partial charge in [0, 0.05) is 37.5 Å². The Morgan fingerprint density at radius 1 is 1.21 bits per heavy atom. The maximum absolute atomic E-state index is 12.3. The number of nitrogens with zero attached hydrogens (tertiary/aromatic N) is 1. The molecule has 0 unspecified atom stereocenters. The standard InChI is InChI=1S/C17H22N4O3/c22-15(21-11-8-18-17(21)24)12-20-9-6-13(7-10-20)16(23)19-14-4-2-1-3-5-14/h1-5,13H,6-12H2,(H,18,24)(H,19,23)/p+1. The molecule has 2 aliphatic rings. The number of likely N-dealkylation sites (tertiary alicyclic amines) is 1. The Bertz CT molecular complexity index is 612. The second-order valence-electron chi connectivity index (χ2n) is 6.33. The van der Waals surface area contributed by atoms with E-state index in [9.17, 15) is 14.4 Å². The normalized spacial score (nSPS) is 23.7. The van der Waals surface area contributed by atoms with Crippen LogP contribution in [0.25, 0.3) is 0 Å². The quantitative estimate of drug-likeness (QED) is 0.694. The Kier molecular flexibility index (Phi) is 5.10. The van der Waals surface area contributed by atoms with Gasteiger partial charge in [-0.1, -0.05) is 18.2 Å². The average Bonchev–Trinajstić information content (AvgIpc) is 3.02. The predicted molar refractivity (Wildman–Crippen MR) is 88.5 cm³/mol. The zero-order valence-corrected chi connectivity index (χ0v) is 13.6. The van der Waals surface area contributed by atoms with E-state index in [2.05, 4.69) is 10.6 Å². The lowest BCUT2D eigenvalue weighted by Crippen LogP contribution is -3.14. The molecule has 128 valence electrons. The van der Waals surface area contributed by atoms with Gasteiger partial charge in [0.15, 0.2) is 6.54 Å². The van der Waals surface area contributed by atoms with Gasteiger partial charge in [0.2, 0.25) is 5.91 Å². The highest BCUT2D eigenvalue weighted by molar-refractivity contribution is 5.96. The van der Waals surface area contributed by atoms with Crippen molar-refractivity contribution in [2.24, 2.45) is 5.92 Å². The Labute approximate surface area is 141 Å². The minimum atomic E-state index is -0.295. The van der Waals surface area contributed by atoms with Crippen molar-refractivity contribution >= 4 is 23.5 Å². The molecule has 1 aromatic rings. The molecule has 7 nitrogen and oxygen atoms in total. The number of imide groups is 1. The van der Waals surface area contributed by atoms with Crippen LogP contribution >= 0.6 is 0 Å². The first-order valence-electron chi connectivity index (χ1n) is 8.41. The first-order chi connectivity index (χ1) is 11.6. The summed E-state index contributed by atoms with van der Waals surface area (Å²) in [5.74, 6) is -0.100. The van der Waals surface area contributed by atoms with Gasteiger partial charge in [0.25, 0.3) is 5.91 Å². The number of benzene rings is 1. The van der Waals surface area contributed by atoms with E-state index in [-0.39, 0.29) is 23.8 Å². The fourth-order valence-electron chi connectivity index (χ4n) is 3.25. The zero-order chi connectivity index (χ0) is 16.9. The van der Waals surface area contributed by atoms with Crippen LogP contribution in [0, 0.1) is 5.92 Å². The van der Waals surface area contributed by atoms with Gasteiger partial charge in [0.05, 0.1) is 13.1 Å². The largest absolute Gasteiger partial charge is 0.336 e. The number of piperidine rings is 1. The smallest absolute Gasteiger partial charge is 0.324 e. The number of amides is 4. The van der Waals surface area contributed by atoms with Gasteiger partial charge in [-0.15, -0.1) is 0 Å². The number of rotatable bonds is 4. The van der Waals surface area contributed by atoms with Crippen LogP contribution in [0.4, 0.5) is 10.5 Å². The summed E-state index contributed by atoms with van der Waals surface area (Å²) in [7, 11) is 0. The summed E-state index contributed by atoms with van der Waals surface area (Å²) in [5, 5.41) is 5.58. The molecule has 2 saturated heterocycles. The van der Waals surface area contributed by atoms with E-state index in [4.69, 9.17) is 0 Å². The van der Waals surface area contributed by atoms with Crippen molar-refractivity contribution in [1.29, 1.82) is 0 Å². The molecule has 3 N–H and O–H groups in total. The molecule has 0 aliphatic carbocycles. The minimum Gasteiger partial charge on any atom is -0.336 e. The summed E-state index contributed by atoms with van der Waals surface area (Å²) in [6.45, 7) is 2.84. The first-order valence-corrected chi connectivity index (χ1v) is 8.41. The van der Waals surface area contributed by atoms with Crippen molar-refractivity contribution < 1.29 is 19.3 Å². The number of anilines is 1. The summed E-state index contributed by atoms with van der Waals surface area (Å²) >= 11 is 0. The fourth-order valence-corrected chi connectivity index (χ4v) is 3.25. The highest BCUT2D eigenvalue weighted by Crippen LogP contribution is 2.14. The molecule has 2 heterocycles. The second-order valence-corrected chi connectivity index (χ2v) is 6.33. The number of nitrogens with one attached hydrogen (secondary N) is 3. The van der Waals surface area contributed by atoms with Crippen molar-refractivity contribution in [3.8, 4) is 0 Å². The highest BCUT2D eigenvalue weighted by atomic mass is 16.2. The molecule has 0 aromatic heterocycles. The Balaban J connectivity index is 1.44. The molecular weight excluding hydrogens is 308 g/mol. The van der Waals surface area contributed by atoms with Crippen LogP contribution in [-0.4, -0.2) is 55.5 Å². The second kappa shape index (κ2) is 7.44. The van der Waals surface area contributed by atoms with Crippen molar-refractivity contribution in [2.45, 2.75) is 12.8 Å². The lowest BCUT2D eigenvalue weighted by molar-refractivity contribution is -0.898. The maximum Gasteiger partial charge on any atom is 0.324 e. The number of carbonyl (C=O) groups is 3. The molecule has 24 heavy (non-hydrogen) atoms. The highest BCUT2D eigenvalue weighted by Gasteiger charge is 2.32. The lowest BCUT2D eigenvalue weighted by Gasteiger charge is -2.28. The molecule has 2 aliphatic heterocycles. The van der Waals surface area contributed by atoms with Crippen molar-refractivity contribution in [3.63, 3.8) is 0 Å². The zero-order valence-electron chi connectivity index (χ0n) is 13.6. The third kappa shape index (κ3) is 3.91. The van der Waals surface area contributed by atoms with Crippen LogP contribution in [0.3, 0.4) is 0 Å². The fraction of sp³-hybridized carbons (Fsp3) is 0.471. The van der Waals surface area contributed by atoms with E-state index < -0.39 is 0 Å². The molecule has 4 amide bonds. The Hall–Kier alpha value is -2.41. The molecule has 0 saturated carbocycles. The maximum atomic E-state index is 12.3. The van der Waals surface area contributed by atoms with Crippen LogP contribution in [0.1, 0.15) is 12.8 Å². The van der Waals surface area contributed by atoms with Crippen molar-refractivity contribution in [3.05, 3.63) is 30.3 Å². The van der Waals surface area contributed by atoms with Gasteiger partial charge >= 0.3 is 6.03 Å². The van der Waals surface area contributed by atoms with Crippen LogP contribution in [0.15, 0.2) is 30.3 Å². The number of quaternary nitrogens is 1. The van der Waals surface area contributed by atoms with Crippen molar-refractivity contribution in [2.75, 3.05) is 38.0 Å². The Morgan fingerprint density at radius 3 is 2.54 bits per heavy atom. The summed E-state index contributed by atoms with van der Waals surface area (Å²) in [5.41, 5.74) is 0.813. The minimum absolute atomic E-state index is 0.0147. The summed E-state index contributed by atoms with van der Waals surface area (Å²) < 4.78 is 0. The number of urea groups is 1. The summed E-state index contributed by atoms with van der Waals surface area (Å²) in [6.07, 6.45) is 1.51. The molecule has 0 bridgehead atoms. The third-order valence-electron chi connectivity index (χ3n) is 4.66. The van der Waals surface area contributed by atoms with Gasteiger partial charge in [-0.25, -0.2) is 4.79 Å². The summed E-state index contributed by atoms with van der Waals surface area (Å²) in [6, 6.07) is 9.15. The molecule has 7 heteroatoms. The van der Waals surface area contributed by atoms with Gasteiger partial charge < -0.3 is 15.5 Å². The van der Waals surface area contributed by atoms with E-state index in [0.717, 1.165) is 36.5 Å². The van der Waals surface area contributed by atoms with Crippen LogP contribution in [0.5, 0.6) is 0 Å². The average molecular weight is 331 g/mol. The molecular formula is C17H23N4O3+. The molecule has 0 atom stereocenters. The van der Waals surface area contributed by atoms with Gasteiger partial charge in [-0.05, 0) is 12.1 Å². The van der Waals surface area contributed by atoms with E-state index in [1.807, 2.05) is 30.3 Å². The van der Waals surface area contributed by atoms with Crippen LogP contribution < -0.4 is 15.5 Å². The van der Waals surface area contributed by atoms with Gasteiger partial charge in [-0.3, -0.25) is 14.5 Å². The van der Waals surface area contributed by atoms with E-state index in [0.29, 0.717) is 19.6 Å². The molecule has 0 radical (unpaired) electrons. The van der Waals surface area contributed by atoms with Crippen LogP contribution in [-0.2, 0) is 9.59 Å². The van der Waals surface area contributed by atoms with E-state index in [1.165, 1.54) is 4.90 Å². The van der Waals surface area contributed by atoms with Crippen molar-refractivity contribution in [1.82, 2.24) is 10.2 Å². The molecule has 1 aromatic carbocycles. The lowest BCUT2D eigenvalue weighted by atomic mass is 9.96. The van der Waals surface area contributed by atoms with E-state index in [1.54, 1.807) is 0 Å². The number of para-hydroxylation sites is 1. The predicted octanol–water partition coefficient (Wildman–Crippen LogP) is -0.528. The number of carbonyl (C=O) groups excluding carboxylic acids is 3. The Morgan fingerprint density at radius 2 is 1.92 bits per heavy atom. The topological polar surface area (TPSA) is 82.9 Å². The third-order valence-corrected chi connectivity index (χ3v) is 4.66.